The minimum atomic E-state index is -0.292. The normalized spacial score (nSPS) is 10.5. The van der Waals surface area contributed by atoms with Crippen molar-refractivity contribution in [3.8, 4) is 11.5 Å². The minimum Gasteiger partial charge on any atom is -0.497 e. The highest BCUT2D eigenvalue weighted by molar-refractivity contribution is 7.99. The number of nitrogens with zero attached hydrogens (tertiary/aromatic N) is 3. The van der Waals surface area contributed by atoms with Crippen LogP contribution in [0, 0.1) is 13.8 Å². The molecule has 178 valence electrons. The summed E-state index contributed by atoms with van der Waals surface area (Å²) >= 11 is 1.26. The van der Waals surface area contributed by atoms with E-state index in [-0.39, 0.29) is 30.7 Å². The number of methoxy groups -OCH3 is 2. The molecule has 0 fully saturated rings. The molecule has 9 heteroatoms. The molecule has 3 rings (SSSR count). The molecular formula is C25H28N4O4S. The van der Waals surface area contributed by atoms with Gasteiger partial charge in [0, 0.05) is 23.6 Å². The van der Waals surface area contributed by atoms with E-state index in [0.717, 1.165) is 22.7 Å². The predicted molar refractivity (Wildman–Crippen MR) is 132 cm³/mol. The number of amides is 2. The molecule has 0 unspecified atom stereocenters. The lowest BCUT2D eigenvalue weighted by molar-refractivity contribution is -0.132. The highest BCUT2D eigenvalue weighted by Gasteiger charge is 2.19. The molecule has 0 saturated carbocycles. The largest absolute Gasteiger partial charge is 0.497 e. The number of hydrogen-bond donors (Lipinski definition) is 1. The van der Waals surface area contributed by atoms with E-state index in [1.54, 1.807) is 38.5 Å². The molecule has 0 spiro atoms. The molecule has 2 aromatic carbocycles. The third-order valence-electron chi connectivity index (χ3n) is 4.88. The van der Waals surface area contributed by atoms with Crippen molar-refractivity contribution in [2.75, 3.05) is 31.8 Å². The van der Waals surface area contributed by atoms with Crippen LogP contribution in [0.25, 0.3) is 0 Å². The summed E-state index contributed by atoms with van der Waals surface area (Å²) in [6.45, 7) is 3.97. The Balaban J connectivity index is 1.70. The molecule has 2 amide bonds. The van der Waals surface area contributed by atoms with Gasteiger partial charge in [-0.3, -0.25) is 9.59 Å². The smallest absolute Gasteiger partial charge is 0.244 e. The summed E-state index contributed by atoms with van der Waals surface area (Å²) in [7, 11) is 3.18. The standard InChI is InChI=1S/C25H28N4O4S/c1-17-13-18(2)27-25(26-17)34-16-24(31)29(14-19-5-9-21(32-3)10-6-19)15-23(30)28-20-7-11-22(33-4)12-8-20/h5-13H,14-16H2,1-4H3,(H,28,30). The lowest BCUT2D eigenvalue weighted by Gasteiger charge is -2.22. The monoisotopic (exact) mass is 480 g/mol. The molecule has 0 atom stereocenters. The zero-order valence-corrected chi connectivity index (χ0v) is 20.5. The first-order valence-corrected chi connectivity index (χ1v) is 11.6. The Morgan fingerprint density at radius 2 is 1.47 bits per heavy atom. The van der Waals surface area contributed by atoms with E-state index < -0.39 is 0 Å². The van der Waals surface area contributed by atoms with E-state index in [0.29, 0.717) is 16.6 Å². The number of aromatic nitrogens is 2. The van der Waals surface area contributed by atoms with Crippen LogP contribution in [-0.4, -0.2) is 53.2 Å². The highest BCUT2D eigenvalue weighted by atomic mass is 32.2. The molecule has 0 aliphatic heterocycles. The second-order valence-electron chi connectivity index (χ2n) is 7.60. The Kier molecular flexibility index (Phi) is 8.86. The number of carbonyl (C=O) groups is 2. The number of anilines is 1. The quantitative estimate of drug-likeness (QED) is 0.348. The van der Waals surface area contributed by atoms with E-state index in [2.05, 4.69) is 15.3 Å². The molecule has 0 radical (unpaired) electrons. The van der Waals surface area contributed by atoms with Gasteiger partial charge in [-0.05, 0) is 61.9 Å². The fourth-order valence-corrected chi connectivity index (χ4v) is 4.06. The van der Waals surface area contributed by atoms with E-state index in [4.69, 9.17) is 9.47 Å². The fraction of sp³-hybridized carbons (Fsp3) is 0.280. The molecule has 3 aromatic rings. The molecule has 34 heavy (non-hydrogen) atoms. The predicted octanol–water partition coefficient (Wildman–Crippen LogP) is 3.87. The van der Waals surface area contributed by atoms with Gasteiger partial charge in [0.15, 0.2) is 5.16 Å². The molecule has 1 N–H and O–H groups in total. The fourth-order valence-electron chi connectivity index (χ4n) is 3.21. The Morgan fingerprint density at radius 3 is 2.03 bits per heavy atom. The van der Waals surface area contributed by atoms with Crippen LogP contribution in [0.5, 0.6) is 11.5 Å². The average molecular weight is 481 g/mol. The van der Waals surface area contributed by atoms with Gasteiger partial charge < -0.3 is 19.7 Å². The second kappa shape index (κ2) is 12.0. The van der Waals surface area contributed by atoms with Crippen LogP contribution in [0.1, 0.15) is 17.0 Å². The molecule has 0 aliphatic carbocycles. The maximum absolute atomic E-state index is 13.1. The third kappa shape index (κ3) is 7.48. The van der Waals surface area contributed by atoms with Crippen molar-refractivity contribution in [3.63, 3.8) is 0 Å². The number of aryl methyl sites for hydroxylation is 2. The van der Waals surface area contributed by atoms with Crippen molar-refractivity contribution in [1.29, 1.82) is 0 Å². The number of nitrogens with one attached hydrogen (secondary N) is 1. The van der Waals surface area contributed by atoms with Gasteiger partial charge in [-0.25, -0.2) is 9.97 Å². The van der Waals surface area contributed by atoms with Crippen molar-refractivity contribution >= 4 is 29.3 Å². The maximum atomic E-state index is 13.1. The summed E-state index contributed by atoms with van der Waals surface area (Å²) in [5.74, 6) is 1.06. The number of rotatable bonds is 10. The Bertz CT molecular complexity index is 1100. The third-order valence-corrected chi connectivity index (χ3v) is 5.71. The van der Waals surface area contributed by atoms with Crippen LogP contribution in [-0.2, 0) is 16.1 Å². The molecule has 0 saturated heterocycles. The van der Waals surface area contributed by atoms with Crippen LogP contribution in [0.3, 0.4) is 0 Å². The van der Waals surface area contributed by atoms with Crippen molar-refractivity contribution in [1.82, 2.24) is 14.9 Å². The Morgan fingerprint density at radius 1 is 0.912 bits per heavy atom. The van der Waals surface area contributed by atoms with E-state index in [9.17, 15) is 9.59 Å². The lowest BCUT2D eigenvalue weighted by atomic mass is 10.2. The van der Waals surface area contributed by atoms with Crippen LogP contribution >= 0.6 is 11.8 Å². The SMILES string of the molecule is COc1ccc(CN(CC(=O)Nc2ccc(OC)cc2)C(=O)CSc2nc(C)cc(C)n2)cc1. The number of hydrogen-bond acceptors (Lipinski definition) is 7. The Labute approximate surface area is 203 Å². The summed E-state index contributed by atoms with van der Waals surface area (Å²) in [5, 5.41) is 3.37. The van der Waals surface area contributed by atoms with Gasteiger partial charge in [0.05, 0.1) is 20.0 Å². The maximum Gasteiger partial charge on any atom is 0.244 e. The van der Waals surface area contributed by atoms with Gasteiger partial charge in [0.2, 0.25) is 11.8 Å². The zero-order chi connectivity index (χ0) is 24.5. The molecular weight excluding hydrogens is 452 g/mol. The van der Waals surface area contributed by atoms with Crippen LogP contribution in [0.2, 0.25) is 0 Å². The number of benzene rings is 2. The number of carbonyl (C=O) groups excluding carboxylic acids is 2. The number of thioether (sulfide) groups is 1. The summed E-state index contributed by atoms with van der Waals surface area (Å²) in [6, 6.07) is 16.3. The van der Waals surface area contributed by atoms with Gasteiger partial charge in [-0.1, -0.05) is 23.9 Å². The summed E-state index contributed by atoms with van der Waals surface area (Å²) in [4.78, 5) is 36.1. The highest BCUT2D eigenvalue weighted by Crippen LogP contribution is 2.18. The molecule has 1 heterocycles. The van der Waals surface area contributed by atoms with Crippen LogP contribution in [0.15, 0.2) is 59.8 Å². The van der Waals surface area contributed by atoms with Crippen molar-refractivity contribution in [3.05, 3.63) is 71.5 Å². The average Bonchev–Trinajstić information content (AvgIpc) is 2.82. The van der Waals surface area contributed by atoms with E-state index in [1.807, 2.05) is 44.2 Å². The molecule has 0 bridgehead atoms. The zero-order valence-electron chi connectivity index (χ0n) is 19.7. The van der Waals surface area contributed by atoms with Crippen LogP contribution in [0.4, 0.5) is 5.69 Å². The van der Waals surface area contributed by atoms with Gasteiger partial charge in [0.25, 0.3) is 0 Å². The van der Waals surface area contributed by atoms with Gasteiger partial charge in [-0.2, -0.15) is 0 Å². The first kappa shape index (κ1) is 25.0. The van der Waals surface area contributed by atoms with Gasteiger partial charge >= 0.3 is 0 Å². The Hall–Kier alpha value is -3.59. The lowest BCUT2D eigenvalue weighted by Crippen LogP contribution is -2.38. The molecule has 8 nitrogen and oxygen atoms in total. The molecule has 1 aromatic heterocycles. The van der Waals surface area contributed by atoms with E-state index in [1.165, 1.54) is 16.7 Å². The number of ether oxygens (including phenoxy) is 2. The first-order valence-electron chi connectivity index (χ1n) is 10.7. The van der Waals surface area contributed by atoms with Gasteiger partial charge in [0.1, 0.15) is 18.0 Å². The van der Waals surface area contributed by atoms with Crippen molar-refractivity contribution in [2.24, 2.45) is 0 Å². The van der Waals surface area contributed by atoms with Crippen molar-refractivity contribution < 1.29 is 19.1 Å². The van der Waals surface area contributed by atoms with Gasteiger partial charge in [-0.15, -0.1) is 0 Å². The second-order valence-corrected chi connectivity index (χ2v) is 8.54. The van der Waals surface area contributed by atoms with Crippen LogP contribution < -0.4 is 14.8 Å². The first-order chi connectivity index (χ1) is 16.4. The minimum absolute atomic E-state index is 0.0921. The summed E-state index contributed by atoms with van der Waals surface area (Å²) in [6.07, 6.45) is 0. The van der Waals surface area contributed by atoms with E-state index >= 15 is 0 Å². The summed E-state index contributed by atoms with van der Waals surface area (Å²) < 4.78 is 10.3. The molecule has 0 aliphatic rings. The summed E-state index contributed by atoms with van der Waals surface area (Å²) in [5.41, 5.74) is 3.20. The van der Waals surface area contributed by atoms with Crippen molar-refractivity contribution in [2.45, 2.75) is 25.5 Å². The topological polar surface area (TPSA) is 93.7 Å².